The molecule has 22 heavy (non-hydrogen) atoms. The van der Waals surface area contributed by atoms with Gasteiger partial charge in [0.25, 0.3) is 12.3 Å². The number of halogens is 2. The largest absolute Gasteiger partial charge is 0.471 e. The maximum absolute atomic E-state index is 12.2. The van der Waals surface area contributed by atoms with Crippen LogP contribution < -0.4 is 10.1 Å². The summed E-state index contributed by atoms with van der Waals surface area (Å²) in [4.78, 5) is 16.0. The smallest absolute Gasteiger partial charge is 0.272 e. The van der Waals surface area contributed by atoms with Gasteiger partial charge < -0.3 is 14.6 Å². The fourth-order valence-corrected chi connectivity index (χ4v) is 1.94. The second-order valence-corrected chi connectivity index (χ2v) is 4.77. The SMILES string of the molecule is Cc1ccc(C(=O)NCc2cccnc2OCC(F)F)n1C. The van der Waals surface area contributed by atoms with E-state index in [-0.39, 0.29) is 18.3 Å². The summed E-state index contributed by atoms with van der Waals surface area (Å²) in [7, 11) is 1.80. The number of carbonyl (C=O) groups is 1. The molecule has 0 radical (unpaired) electrons. The van der Waals surface area contributed by atoms with Crippen LogP contribution in [0.4, 0.5) is 8.78 Å². The van der Waals surface area contributed by atoms with E-state index >= 15 is 0 Å². The van der Waals surface area contributed by atoms with Crippen LogP contribution >= 0.6 is 0 Å². The molecule has 0 saturated carbocycles. The highest BCUT2D eigenvalue weighted by atomic mass is 19.3. The summed E-state index contributed by atoms with van der Waals surface area (Å²) in [6, 6.07) is 6.89. The van der Waals surface area contributed by atoms with Crippen LogP contribution in [0.15, 0.2) is 30.5 Å². The van der Waals surface area contributed by atoms with Crippen LogP contribution in [0.25, 0.3) is 0 Å². The number of alkyl halides is 2. The minimum Gasteiger partial charge on any atom is -0.471 e. The molecule has 2 rings (SSSR count). The maximum Gasteiger partial charge on any atom is 0.272 e. The predicted molar refractivity (Wildman–Crippen MR) is 77.1 cm³/mol. The molecule has 1 amide bonds. The average Bonchev–Trinajstić information content (AvgIpc) is 2.83. The Bertz CT molecular complexity index is 656. The van der Waals surface area contributed by atoms with Gasteiger partial charge in [0, 0.05) is 31.0 Å². The van der Waals surface area contributed by atoms with Gasteiger partial charge in [0.1, 0.15) is 5.69 Å². The minimum absolute atomic E-state index is 0.103. The van der Waals surface area contributed by atoms with Crippen molar-refractivity contribution in [2.75, 3.05) is 6.61 Å². The third-order valence-corrected chi connectivity index (χ3v) is 3.24. The van der Waals surface area contributed by atoms with Crippen molar-refractivity contribution in [1.82, 2.24) is 14.9 Å². The van der Waals surface area contributed by atoms with Gasteiger partial charge in [-0.25, -0.2) is 13.8 Å². The summed E-state index contributed by atoms with van der Waals surface area (Å²) in [6.07, 6.45) is -1.12. The molecule has 2 aromatic heterocycles. The molecular weight excluding hydrogens is 292 g/mol. The number of nitrogens with one attached hydrogen (secondary N) is 1. The second kappa shape index (κ2) is 7.02. The van der Waals surface area contributed by atoms with Crippen LogP contribution in [-0.4, -0.2) is 28.5 Å². The van der Waals surface area contributed by atoms with E-state index in [2.05, 4.69) is 10.3 Å². The zero-order chi connectivity index (χ0) is 16.1. The first kappa shape index (κ1) is 15.9. The van der Waals surface area contributed by atoms with E-state index < -0.39 is 13.0 Å². The Morgan fingerprint density at radius 1 is 1.41 bits per heavy atom. The number of hydrogen-bond donors (Lipinski definition) is 1. The Morgan fingerprint density at radius 2 is 2.18 bits per heavy atom. The van der Waals surface area contributed by atoms with Gasteiger partial charge in [-0.05, 0) is 25.1 Å². The molecule has 0 aromatic carbocycles. The molecular formula is C15H17F2N3O2. The van der Waals surface area contributed by atoms with Crippen LogP contribution in [0, 0.1) is 6.92 Å². The monoisotopic (exact) mass is 309 g/mol. The van der Waals surface area contributed by atoms with Crippen LogP contribution in [0.2, 0.25) is 0 Å². The van der Waals surface area contributed by atoms with Gasteiger partial charge in [0.15, 0.2) is 6.61 Å². The third kappa shape index (κ3) is 3.81. The summed E-state index contributed by atoms with van der Waals surface area (Å²) >= 11 is 0. The number of aromatic nitrogens is 2. The molecule has 0 saturated heterocycles. The number of pyridine rings is 1. The van der Waals surface area contributed by atoms with Gasteiger partial charge in [-0.3, -0.25) is 4.79 Å². The summed E-state index contributed by atoms with van der Waals surface area (Å²) in [5.41, 5.74) is 2.03. The van der Waals surface area contributed by atoms with Gasteiger partial charge in [-0.15, -0.1) is 0 Å². The van der Waals surface area contributed by atoms with E-state index in [1.54, 1.807) is 29.8 Å². The van der Waals surface area contributed by atoms with Crippen LogP contribution in [-0.2, 0) is 13.6 Å². The van der Waals surface area contributed by atoms with Crippen LogP contribution in [0.5, 0.6) is 5.88 Å². The molecule has 0 aliphatic heterocycles. The normalized spacial score (nSPS) is 10.8. The predicted octanol–water partition coefficient (Wildman–Crippen LogP) is 2.30. The Morgan fingerprint density at radius 3 is 2.82 bits per heavy atom. The number of aryl methyl sites for hydroxylation is 1. The number of nitrogens with zero attached hydrogens (tertiary/aromatic N) is 2. The molecule has 0 fully saturated rings. The van der Waals surface area contributed by atoms with Crippen molar-refractivity contribution in [2.45, 2.75) is 19.9 Å². The van der Waals surface area contributed by atoms with E-state index in [9.17, 15) is 13.6 Å². The molecule has 0 aliphatic rings. The van der Waals surface area contributed by atoms with E-state index in [0.717, 1.165) is 5.69 Å². The maximum atomic E-state index is 12.2. The summed E-state index contributed by atoms with van der Waals surface area (Å²) < 4.78 is 31.1. The van der Waals surface area contributed by atoms with Gasteiger partial charge in [-0.2, -0.15) is 0 Å². The molecule has 0 atom stereocenters. The number of carbonyl (C=O) groups excluding carboxylic acids is 1. The Kier molecular flexibility index (Phi) is 5.08. The third-order valence-electron chi connectivity index (χ3n) is 3.24. The van der Waals surface area contributed by atoms with Crippen molar-refractivity contribution < 1.29 is 18.3 Å². The standard InChI is InChI=1S/C15H17F2N3O2/c1-10-5-6-12(20(10)2)14(21)19-8-11-4-3-7-18-15(11)22-9-13(16)17/h3-7,13H,8-9H2,1-2H3,(H,19,21). The van der Waals surface area contributed by atoms with E-state index in [0.29, 0.717) is 11.3 Å². The number of ether oxygens (including phenoxy) is 1. The Balaban J connectivity index is 2.02. The van der Waals surface area contributed by atoms with Crippen molar-refractivity contribution in [2.24, 2.45) is 7.05 Å². The highest BCUT2D eigenvalue weighted by Gasteiger charge is 2.13. The number of rotatable bonds is 6. The van der Waals surface area contributed by atoms with Crippen molar-refractivity contribution in [3.63, 3.8) is 0 Å². The molecule has 7 heteroatoms. The highest BCUT2D eigenvalue weighted by Crippen LogP contribution is 2.15. The fraction of sp³-hybridized carbons (Fsp3) is 0.333. The molecule has 0 spiro atoms. The lowest BCUT2D eigenvalue weighted by molar-refractivity contribution is 0.0787. The van der Waals surface area contributed by atoms with Gasteiger partial charge in [0.2, 0.25) is 5.88 Å². The van der Waals surface area contributed by atoms with E-state index in [1.807, 2.05) is 13.0 Å². The van der Waals surface area contributed by atoms with Crippen molar-refractivity contribution >= 4 is 5.91 Å². The van der Waals surface area contributed by atoms with E-state index in [1.165, 1.54) is 6.20 Å². The summed E-state index contributed by atoms with van der Waals surface area (Å²) in [6.45, 7) is 1.32. The molecule has 118 valence electrons. The van der Waals surface area contributed by atoms with Crippen molar-refractivity contribution in [1.29, 1.82) is 0 Å². The Hall–Kier alpha value is -2.44. The highest BCUT2D eigenvalue weighted by molar-refractivity contribution is 5.92. The van der Waals surface area contributed by atoms with Crippen molar-refractivity contribution in [3.05, 3.63) is 47.4 Å². The first-order valence-corrected chi connectivity index (χ1v) is 6.74. The first-order valence-electron chi connectivity index (χ1n) is 6.74. The first-order chi connectivity index (χ1) is 10.5. The lowest BCUT2D eigenvalue weighted by Gasteiger charge is -2.11. The van der Waals surface area contributed by atoms with Gasteiger partial charge in [0.05, 0.1) is 0 Å². The summed E-state index contributed by atoms with van der Waals surface area (Å²) in [5, 5.41) is 2.73. The van der Waals surface area contributed by atoms with E-state index in [4.69, 9.17) is 4.74 Å². The van der Waals surface area contributed by atoms with Crippen LogP contribution in [0.3, 0.4) is 0 Å². The molecule has 0 aliphatic carbocycles. The molecule has 2 aromatic rings. The zero-order valence-corrected chi connectivity index (χ0v) is 12.3. The Labute approximate surface area is 126 Å². The quantitative estimate of drug-likeness (QED) is 0.891. The molecule has 0 unspecified atom stereocenters. The fourth-order valence-electron chi connectivity index (χ4n) is 1.94. The van der Waals surface area contributed by atoms with Crippen molar-refractivity contribution in [3.8, 4) is 5.88 Å². The molecule has 1 N–H and O–H groups in total. The minimum atomic E-state index is -2.57. The number of amides is 1. The lowest BCUT2D eigenvalue weighted by atomic mass is 10.2. The topological polar surface area (TPSA) is 56.1 Å². The molecule has 0 bridgehead atoms. The zero-order valence-electron chi connectivity index (χ0n) is 12.3. The lowest BCUT2D eigenvalue weighted by Crippen LogP contribution is -2.25. The van der Waals surface area contributed by atoms with Gasteiger partial charge in [-0.1, -0.05) is 6.07 Å². The molecule has 5 nitrogen and oxygen atoms in total. The van der Waals surface area contributed by atoms with Crippen LogP contribution in [0.1, 0.15) is 21.7 Å². The molecule has 2 heterocycles. The van der Waals surface area contributed by atoms with Gasteiger partial charge >= 0.3 is 0 Å². The average molecular weight is 309 g/mol. The second-order valence-electron chi connectivity index (χ2n) is 4.77. The summed E-state index contributed by atoms with van der Waals surface area (Å²) in [5.74, 6) is -0.148. The number of hydrogen-bond acceptors (Lipinski definition) is 3.